The summed E-state index contributed by atoms with van der Waals surface area (Å²) in [6.07, 6.45) is 3.92. The third-order valence-electron chi connectivity index (χ3n) is 2.75. The van der Waals surface area contributed by atoms with Gasteiger partial charge >= 0.3 is 0 Å². The van der Waals surface area contributed by atoms with Crippen LogP contribution in [-0.4, -0.2) is 37.3 Å². The monoisotopic (exact) mass is 244 g/mol. The molecule has 1 amide bonds. The third-order valence-corrected chi connectivity index (χ3v) is 2.75. The van der Waals surface area contributed by atoms with Gasteiger partial charge < -0.3 is 15.7 Å². The van der Waals surface area contributed by atoms with Crippen molar-refractivity contribution in [2.45, 2.75) is 46.5 Å². The minimum absolute atomic E-state index is 0.0661. The summed E-state index contributed by atoms with van der Waals surface area (Å²) in [6, 6.07) is 0. The second-order valence-electron chi connectivity index (χ2n) is 5.30. The number of aliphatic hydroxyl groups excluding tert-OH is 1. The van der Waals surface area contributed by atoms with Crippen LogP contribution in [-0.2, 0) is 4.79 Å². The summed E-state index contributed by atoms with van der Waals surface area (Å²) in [4.78, 5) is 11.4. The van der Waals surface area contributed by atoms with E-state index in [0.717, 1.165) is 38.8 Å². The summed E-state index contributed by atoms with van der Waals surface area (Å²) in [5, 5.41) is 14.8. The van der Waals surface area contributed by atoms with E-state index < -0.39 is 0 Å². The highest BCUT2D eigenvalue weighted by molar-refractivity contribution is 5.77. The quantitative estimate of drug-likeness (QED) is 0.508. The van der Waals surface area contributed by atoms with Crippen molar-refractivity contribution in [2.24, 2.45) is 5.41 Å². The molecule has 0 saturated heterocycles. The highest BCUT2D eigenvalue weighted by Gasteiger charge is 2.16. The van der Waals surface area contributed by atoms with Crippen LogP contribution in [0.2, 0.25) is 0 Å². The van der Waals surface area contributed by atoms with Gasteiger partial charge in [-0.3, -0.25) is 4.79 Å². The second kappa shape index (κ2) is 9.42. The summed E-state index contributed by atoms with van der Waals surface area (Å²) < 4.78 is 0. The van der Waals surface area contributed by atoms with Crippen molar-refractivity contribution in [2.75, 3.05) is 26.2 Å². The molecule has 0 unspecified atom stereocenters. The first-order valence-corrected chi connectivity index (χ1v) is 6.60. The zero-order valence-electron chi connectivity index (χ0n) is 11.5. The Morgan fingerprint density at radius 3 is 2.59 bits per heavy atom. The van der Waals surface area contributed by atoms with Crippen LogP contribution in [0, 0.1) is 5.41 Å². The van der Waals surface area contributed by atoms with Crippen LogP contribution in [0.4, 0.5) is 0 Å². The van der Waals surface area contributed by atoms with Crippen LogP contribution in [0.3, 0.4) is 0 Å². The summed E-state index contributed by atoms with van der Waals surface area (Å²) in [6.45, 7) is 8.58. The maximum atomic E-state index is 11.4. The number of unbranched alkanes of at least 4 members (excludes halogenated alkanes) is 1. The van der Waals surface area contributed by atoms with E-state index in [2.05, 4.69) is 31.4 Å². The fraction of sp³-hybridized carbons (Fsp3) is 0.923. The number of nitrogens with one attached hydrogen (secondary N) is 2. The lowest BCUT2D eigenvalue weighted by atomic mass is 9.88. The van der Waals surface area contributed by atoms with Crippen LogP contribution >= 0.6 is 0 Å². The molecule has 0 aliphatic carbocycles. The molecule has 0 aliphatic rings. The highest BCUT2D eigenvalue weighted by Crippen LogP contribution is 2.20. The number of carbonyl (C=O) groups excluding carboxylic acids is 1. The van der Waals surface area contributed by atoms with Gasteiger partial charge in [0.15, 0.2) is 0 Å². The minimum Gasteiger partial charge on any atom is -0.396 e. The van der Waals surface area contributed by atoms with Gasteiger partial charge in [0, 0.05) is 19.7 Å². The summed E-state index contributed by atoms with van der Waals surface area (Å²) in [5.74, 6) is 0.0661. The number of carbonyl (C=O) groups is 1. The summed E-state index contributed by atoms with van der Waals surface area (Å²) >= 11 is 0. The zero-order valence-corrected chi connectivity index (χ0v) is 11.5. The SMILES string of the molecule is CCCCNC(=O)CNCC(C)(C)CCCO. The van der Waals surface area contributed by atoms with Gasteiger partial charge in [0.2, 0.25) is 5.91 Å². The lowest BCUT2D eigenvalue weighted by Crippen LogP contribution is -2.38. The molecule has 0 aromatic heterocycles. The Bertz CT molecular complexity index is 206. The van der Waals surface area contributed by atoms with Crippen LogP contribution in [0.25, 0.3) is 0 Å². The first-order chi connectivity index (χ1) is 8.02. The Balaban J connectivity index is 3.57. The van der Waals surface area contributed by atoms with E-state index >= 15 is 0 Å². The predicted molar refractivity (Wildman–Crippen MR) is 70.9 cm³/mol. The van der Waals surface area contributed by atoms with E-state index in [1.54, 1.807) is 0 Å². The molecular formula is C13H28N2O2. The summed E-state index contributed by atoms with van der Waals surface area (Å²) in [7, 11) is 0. The fourth-order valence-corrected chi connectivity index (χ4v) is 1.63. The molecule has 0 heterocycles. The summed E-state index contributed by atoms with van der Waals surface area (Å²) in [5.41, 5.74) is 0.131. The molecule has 3 N–H and O–H groups in total. The van der Waals surface area contributed by atoms with Crippen molar-refractivity contribution in [3.05, 3.63) is 0 Å². The van der Waals surface area contributed by atoms with Crippen LogP contribution < -0.4 is 10.6 Å². The molecule has 0 saturated carbocycles. The molecule has 102 valence electrons. The van der Waals surface area contributed by atoms with Gasteiger partial charge in [-0.05, 0) is 24.7 Å². The molecule has 0 aliphatic heterocycles. The standard InChI is InChI=1S/C13H28N2O2/c1-4-5-8-15-12(17)10-14-11-13(2,3)7-6-9-16/h14,16H,4-11H2,1-3H3,(H,15,17). The third kappa shape index (κ3) is 10.3. The molecule has 0 bridgehead atoms. The van der Waals surface area contributed by atoms with Gasteiger partial charge in [0.25, 0.3) is 0 Å². The molecular weight excluding hydrogens is 216 g/mol. The Morgan fingerprint density at radius 1 is 1.29 bits per heavy atom. The number of aliphatic hydroxyl groups is 1. The average molecular weight is 244 g/mol. The lowest BCUT2D eigenvalue weighted by Gasteiger charge is -2.24. The molecule has 4 heteroatoms. The van der Waals surface area contributed by atoms with Gasteiger partial charge in [0.1, 0.15) is 0 Å². The Kier molecular flexibility index (Phi) is 9.09. The van der Waals surface area contributed by atoms with E-state index in [1.807, 2.05) is 0 Å². The van der Waals surface area contributed by atoms with Gasteiger partial charge in [-0.25, -0.2) is 0 Å². The van der Waals surface area contributed by atoms with Crippen molar-refractivity contribution in [1.82, 2.24) is 10.6 Å². The molecule has 0 radical (unpaired) electrons. The van der Waals surface area contributed by atoms with Gasteiger partial charge in [-0.1, -0.05) is 27.2 Å². The Hall–Kier alpha value is -0.610. The number of amides is 1. The van der Waals surface area contributed by atoms with E-state index in [9.17, 15) is 4.79 Å². The number of hydrogen-bond acceptors (Lipinski definition) is 3. The van der Waals surface area contributed by atoms with Crippen LogP contribution in [0.15, 0.2) is 0 Å². The van der Waals surface area contributed by atoms with Crippen molar-refractivity contribution in [1.29, 1.82) is 0 Å². The van der Waals surface area contributed by atoms with E-state index in [4.69, 9.17) is 5.11 Å². The molecule has 0 aromatic carbocycles. The van der Waals surface area contributed by atoms with E-state index in [-0.39, 0.29) is 17.9 Å². The predicted octanol–water partition coefficient (Wildman–Crippen LogP) is 1.29. The number of rotatable bonds is 10. The van der Waals surface area contributed by atoms with Gasteiger partial charge in [-0.15, -0.1) is 0 Å². The Morgan fingerprint density at radius 2 is 2.00 bits per heavy atom. The first kappa shape index (κ1) is 16.4. The minimum atomic E-state index is 0.0661. The number of hydrogen-bond donors (Lipinski definition) is 3. The van der Waals surface area contributed by atoms with Crippen molar-refractivity contribution in [3.63, 3.8) is 0 Å². The maximum absolute atomic E-state index is 11.4. The smallest absolute Gasteiger partial charge is 0.233 e. The maximum Gasteiger partial charge on any atom is 0.233 e. The Labute approximate surface area is 105 Å². The molecule has 0 spiro atoms. The molecule has 0 rings (SSSR count). The average Bonchev–Trinajstić information content (AvgIpc) is 2.26. The topological polar surface area (TPSA) is 61.4 Å². The fourth-order valence-electron chi connectivity index (χ4n) is 1.63. The highest BCUT2D eigenvalue weighted by atomic mass is 16.2. The molecule has 4 nitrogen and oxygen atoms in total. The lowest BCUT2D eigenvalue weighted by molar-refractivity contribution is -0.120. The van der Waals surface area contributed by atoms with Crippen molar-refractivity contribution >= 4 is 5.91 Å². The molecule has 0 atom stereocenters. The second-order valence-corrected chi connectivity index (χ2v) is 5.30. The van der Waals surface area contributed by atoms with Crippen molar-refractivity contribution in [3.8, 4) is 0 Å². The van der Waals surface area contributed by atoms with Crippen LogP contribution in [0.1, 0.15) is 46.5 Å². The van der Waals surface area contributed by atoms with E-state index in [1.165, 1.54) is 0 Å². The van der Waals surface area contributed by atoms with Crippen molar-refractivity contribution < 1.29 is 9.90 Å². The van der Waals surface area contributed by atoms with Gasteiger partial charge in [0.05, 0.1) is 6.54 Å². The first-order valence-electron chi connectivity index (χ1n) is 6.60. The largest absolute Gasteiger partial charge is 0.396 e. The molecule has 0 fully saturated rings. The van der Waals surface area contributed by atoms with E-state index in [0.29, 0.717) is 6.54 Å². The zero-order chi connectivity index (χ0) is 13.1. The van der Waals surface area contributed by atoms with Crippen LogP contribution in [0.5, 0.6) is 0 Å². The van der Waals surface area contributed by atoms with Gasteiger partial charge in [-0.2, -0.15) is 0 Å². The molecule has 17 heavy (non-hydrogen) atoms. The molecule has 0 aromatic rings. The normalized spacial score (nSPS) is 11.5.